The van der Waals surface area contributed by atoms with Gasteiger partial charge in [-0.25, -0.2) is 0 Å². The van der Waals surface area contributed by atoms with Crippen LogP contribution in [0.3, 0.4) is 0 Å². The van der Waals surface area contributed by atoms with Crippen molar-refractivity contribution in [3.63, 3.8) is 0 Å². The molecule has 0 aliphatic heterocycles. The summed E-state index contributed by atoms with van der Waals surface area (Å²) in [6, 6.07) is 57.1. The SMILES string of the molecule is COc1ccc2ccnc(Cc3cccc(-c4ccccc4)c3)c2c1.c1ccc(-c2cccc(Cc3nccc4ccccc34)c2)cc1. The highest BCUT2D eigenvalue weighted by Crippen LogP contribution is 2.27. The van der Waals surface area contributed by atoms with Crippen LogP contribution in [0.15, 0.2) is 176 Å². The predicted octanol–water partition coefficient (Wildman–Crippen LogP) is 11.0. The quantitative estimate of drug-likeness (QED) is 0.178. The van der Waals surface area contributed by atoms with Gasteiger partial charge >= 0.3 is 0 Å². The summed E-state index contributed by atoms with van der Waals surface area (Å²) in [5.41, 5.74) is 9.71. The Kier molecular flexibility index (Phi) is 9.29. The van der Waals surface area contributed by atoms with Crippen molar-refractivity contribution >= 4 is 21.5 Å². The number of nitrogens with zero attached hydrogens (tertiary/aromatic N) is 2. The lowest BCUT2D eigenvalue weighted by Crippen LogP contribution is -1.95. The van der Waals surface area contributed by atoms with Gasteiger partial charge in [0.25, 0.3) is 0 Å². The molecule has 48 heavy (non-hydrogen) atoms. The molecular formula is C45H36N2O. The van der Waals surface area contributed by atoms with Gasteiger partial charge in [0.05, 0.1) is 18.5 Å². The third kappa shape index (κ3) is 7.16. The summed E-state index contributed by atoms with van der Waals surface area (Å²) in [6.45, 7) is 0. The fourth-order valence-corrected chi connectivity index (χ4v) is 6.17. The monoisotopic (exact) mass is 620 g/mol. The average molecular weight is 621 g/mol. The molecule has 8 aromatic rings. The van der Waals surface area contributed by atoms with Crippen molar-refractivity contribution in [2.24, 2.45) is 0 Å². The Morgan fingerprint density at radius 3 is 1.50 bits per heavy atom. The molecule has 8 rings (SSSR count). The van der Waals surface area contributed by atoms with Gasteiger partial charge in [-0.05, 0) is 68.4 Å². The molecule has 0 aliphatic carbocycles. The first-order valence-electron chi connectivity index (χ1n) is 16.3. The molecule has 0 bridgehead atoms. The first-order valence-corrected chi connectivity index (χ1v) is 16.3. The van der Waals surface area contributed by atoms with Gasteiger partial charge in [-0.3, -0.25) is 9.97 Å². The summed E-state index contributed by atoms with van der Waals surface area (Å²) in [5, 5.41) is 4.81. The lowest BCUT2D eigenvalue weighted by Gasteiger charge is -2.09. The topological polar surface area (TPSA) is 35.0 Å². The van der Waals surface area contributed by atoms with Gasteiger partial charge in [-0.15, -0.1) is 0 Å². The number of pyridine rings is 2. The number of hydrogen-bond acceptors (Lipinski definition) is 3. The van der Waals surface area contributed by atoms with Crippen LogP contribution in [0.1, 0.15) is 22.5 Å². The number of methoxy groups -OCH3 is 1. The number of ether oxygens (including phenoxy) is 1. The zero-order chi connectivity index (χ0) is 32.5. The molecule has 0 fully saturated rings. The number of rotatable bonds is 7. The normalized spacial score (nSPS) is 10.8. The van der Waals surface area contributed by atoms with Crippen LogP contribution in [0.4, 0.5) is 0 Å². The average Bonchev–Trinajstić information content (AvgIpc) is 3.16. The van der Waals surface area contributed by atoms with Crippen LogP contribution in [0.5, 0.6) is 5.75 Å². The highest BCUT2D eigenvalue weighted by atomic mass is 16.5. The molecule has 3 nitrogen and oxygen atoms in total. The number of benzene rings is 6. The van der Waals surface area contributed by atoms with Gasteiger partial charge in [-0.2, -0.15) is 0 Å². The minimum Gasteiger partial charge on any atom is -0.497 e. The second kappa shape index (κ2) is 14.6. The van der Waals surface area contributed by atoms with Crippen LogP contribution in [0.25, 0.3) is 43.8 Å². The van der Waals surface area contributed by atoms with Crippen molar-refractivity contribution in [1.29, 1.82) is 0 Å². The third-order valence-electron chi connectivity index (χ3n) is 8.62. The van der Waals surface area contributed by atoms with Gasteiger partial charge in [0.15, 0.2) is 0 Å². The maximum Gasteiger partial charge on any atom is 0.119 e. The summed E-state index contributed by atoms with van der Waals surface area (Å²) in [4.78, 5) is 9.23. The molecule has 232 valence electrons. The van der Waals surface area contributed by atoms with E-state index in [0.29, 0.717) is 0 Å². The van der Waals surface area contributed by atoms with Gasteiger partial charge < -0.3 is 4.74 Å². The fraction of sp³-hybridized carbons (Fsp3) is 0.0667. The minimum atomic E-state index is 0.797. The first kappa shape index (κ1) is 30.6. The van der Waals surface area contributed by atoms with Crippen molar-refractivity contribution in [2.45, 2.75) is 12.8 Å². The molecule has 0 N–H and O–H groups in total. The van der Waals surface area contributed by atoms with E-state index in [2.05, 4.69) is 149 Å². The Morgan fingerprint density at radius 2 is 0.917 bits per heavy atom. The summed E-state index contributed by atoms with van der Waals surface area (Å²) in [7, 11) is 1.69. The minimum absolute atomic E-state index is 0.797. The molecule has 0 atom stereocenters. The van der Waals surface area contributed by atoms with E-state index < -0.39 is 0 Å². The number of hydrogen-bond donors (Lipinski definition) is 0. The van der Waals surface area contributed by atoms with Crippen molar-refractivity contribution in [2.75, 3.05) is 7.11 Å². The Labute approximate surface area is 282 Å². The zero-order valence-electron chi connectivity index (χ0n) is 27.0. The third-order valence-corrected chi connectivity index (χ3v) is 8.62. The molecule has 2 aromatic heterocycles. The molecule has 0 spiro atoms. The largest absolute Gasteiger partial charge is 0.497 e. The molecular weight excluding hydrogens is 585 g/mol. The maximum absolute atomic E-state index is 5.38. The van der Waals surface area contributed by atoms with Gasteiger partial charge in [-0.1, -0.05) is 140 Å². The van der Waals surface area contributed by atoms with Crippen LogP contribution >= 0.6 is 0 Å². The maximum atomic E-state index is 5.38. The molecule has 0 amide bonds. The Balaban J connectivity index is 0.000000152. The molecule has 0 aliphatic rings. The highest BCUT2D eigenvalue weighted by Gasteiger charge is 2.08. The highest BCUT2D eigenvalue weighted by molar-refractivity contribution is 5.86. The second-order valence-electron chi connectivity index (χ2n) is 11.8. The van der Waals surface area contributed by atoms with Crippen molar-refractivity contribution < 1.29 is 4.74 Å². The van der Waals surface area contributed by atoms with E-state index >= 15 is 0 Å². The van der Waals surface area contributed by atoms with E-state index in [1.54, 1.807) is 7.11 Å². The Morgan fingerprint density at radius 1 is 0.417 bits per heavy atom. The van der Waals surface area contributed by atoms with E-state index in [1.807, 2.05) is 36.7 Å². The van der Waals surface area contributed by atoms with Crippen LogP contribution in [0, 0.1) is 0 Å². The second-order valence-corrected chi connectivity index (χ2v) is 11.8. The molecule has 6 aromatic carbocycles. The van der Waals surface area contributed by atoms with E-state index in [-0.39, 0.29) is 0 Å². The van der Waals surface area contributed by atoms with Crippen molar-refractivity contribution in [1.82, 2.24) is 9.97 Å². The standard InChI is InChI=1S/C23H19NO.C22H17N/c1-25-21-11-10-19-12-13-24-23(22(19)16-21)15-17-6-5-9-20(14-17)18-7-3-2-4-8-18;1-2-8-18(9-3-1)20-11-6-7-17(15-20)16-22-21-12-5-4-10-19(21)13-14-23-22/h2-14,16H,15H2,1H3;1-15H,16H2. The molecule has 0 saturated heterocycles. The lowest BCUT2D eigenvalue weighted by molar-refractivity contribution is 0.415. The van der Waals surface area contributed by atoms with E-state index in [9.17, 15) is 0 Å². The van der Waals surface area contributed by atoms with E-state index in [4.69, 9.17) is 4.74 Å². The molecule has 3 heteroatoms. The fourth-order valence-electron chi connectivity index (χ4n) is 6.17. The molecule has 0 unspecified atom stereocenters. The zero-order valence-corrected chi connectivity index (χ0v) is 27.0. The number of aromatic nitrogens is 2. The van der Waals surface area contributed by atoms with Crippen LogP contribution in [0.2, 0.25) is 0 Å². The van der Waals surface area contributed by atoms with Gasteiger partial charge in [0.1, 0.15) is 5.75 Å². The lowest BCUT2D eigenvalue weighted by atomic mass is 9.99. The van der Waals surface area contributed by atoms with Gasteiger partial charge in [0.2, 0.25) is 0 Å². The first-order chi connectivity index (χ1) is 23.7. The summed E-state index contributed by atoms with van der Waals surface area (Å²) < 4.78 is 5.38. The predicted molar refractivity (Wildman–Crippen MR) is 199 cm³/mol. The molecule has 0 saturated carbocycles. The van der Waals surface area contributed by atoms with Crippen molar-refractivity contribution in [3.05, 3.63) is 199 Å². The van der Waals surface area contributed by atoms with E-state index in [1.165, 1.54) is 49.5 Å². The Hall–Kier alpha value is -6.06. The smallest absolute Gasteiger partial charge is 0.119 e. The van der Waals surface area contributed by atoms with E-state index in [0.717, 1.165) is 35.4 Å². The summed E-state index contributed by atoms with van der Waals surface area (Å²) in [6.07, 6.45) is 5.43. The van der Waals surface area contributed by atoms with Crippen LogP contribution in [-0.2, 0) is 12.8 Å². The number of fused-ring (bicyclic) bond motifs is 2. The molecule has 0 radical (unpaired) electrons. The summed E-state index contributed by atoms with van der Waals surface area (Å²) >= 11 is 0. The Bertz CT molecular complexity index is 2270. The van der Waals surface area contributed by atoms with Crippen LogP contribution < -0.4 is 4.74 Å². The van der Waals surface area contributed by atoms with Crippen LogP contribution in [-0.4, -0.2) is 17.1 Å². The molecule has 2 heterocycles. The summed E-state index contributed by atoms with van der Waals surface area (Å²) in [5.74, 6) is 0.861. The van der Waals surface area contributed by atoms with Gasteiger partial charge in [0, 0.05) is 36.0 Å². The van der Waals surface area contributed by atoms with Crippen molar-refractivity contribution in [3.8, 4) is 28.0 Å².